The molecule has 2 aromatic heterocycles. The van der Waals surface area contributed by atoms with E-state index >= 15 is 0 Å². The van der Waals surface area contributed by atoms with Gasteiger partial charge in [0.1, 0.15) is 0 Å². The Labute approximate surface area is 160 Å². The molecule has 0 radical (unpaired) electrons. The van der Waals surface area contributed by atoms with Crippen molar-refractivity contribution in [1.29, 1.82) is 0 Å². The van der Waals surface area contributed by atoms with Crippen LogP contribution in [0.15, 0.2) is 18.5 Å². The van der Waals surface area contributed by atoms with E-state index in [0.29, 0.717) is 6.04 Å². The summed E-state index contributed by atoms with van der Waals surface area (Å²) >= 11 is 5.87. The van der Waals surface area contributed by atoms with Crippen LogP contribution in [0.2, 0.25) is 0 Å². The van der Waals surface area contributed by atoms with Crippen LogP contribution in [0.1, 0.15) is 43.1 Å². The number of nitrogens with zero attached hydrogens (tertiary/aromatic N) is 6. The van der Waals surface area contributed by atoms with Crippen molar-refractivity contribution >= 4 is 18.2 Å². The third-order valence-corrected chi connectivity index (χ3v) is 6.38. The first-order valence-electron chi connectivity index (χ1n) is 9.67. The first kappa shape index (κ1) is 17.7. The zero-order chi connectivity index (χ0) is 18.1. The fourth-order valence-corrected chi connectivity index (χ4v) is 4.77. The Hall–Kier alpha value is -1.73. The van der Waals surface area contributed by atoms with Crippen molar-refractivity contribution in [3.63, 3.8) is 0 Å². The maximum atomic E-state index is 5.87. The summed E-state index contributed by atoms with van der Waals surface area (Å²) in [6.45, 7) is 9.25. The molecule has 4 rings (SSSR count). The van der Waals surface area contributed by atoms with Crippen molar-refractivity contribution in [2.75, 3.05) is 31.1 Å². The Morgan fingerprint density at radius 2 is 1.65 bits per heavy atom. The number of hydrogen-bond donors (Lipinski definition) is 0. The molecule has 2 aromatic rings. The molecule has 6 nitrogen and oxygen atoms in total. The van der Waals surface area contributed by atoms with Gasteiger partial charge in [-0.05, 0) is 45.0 Å². The molecule has 140 valence electrons. The molecule has 1 aliphatic heterocycles. The molecule has 0 bridgehead atoms. The monoisotopic (exact) mass is 372 g/mol. The van der Waals surface area contributed by atoms with Crippen LogP contribution >= 0.6 is 12.2 Å². The summed E-state index contributed by atoms with van der Waals surface area (Å²) in [6.07, 6.45) is 8.83. The van der Waals surface area contributed by atoms with Crippen LogP contribution in [0.4, 0.5) is 5.95 Å². The van der Waals surface area contributed by atoms with Crippen LogP contribution in [0.3, 0.4) is 0 Å². The van der Waals surface area contributed by atoms with Gasteiger partial charge in [0.05, 0.1) is 6.67 Å². The van der Waals surface area contributed by atoms with Gasteiger partial charge < -0.3 is 14.0 Å². The van der Waals surface area contributed by atoms with Crippen molar-refractivity contribution in [3.05, 3.63) is 34.6 Å². The average Bonchev–Trinajstić information content (AvgIpc) is 3.27. The fraction of sp³-hybridized carbons (Fsp3) is 0.632. The minimum absolute atomic E-state index is 0.606. The minimum atomic E-state index is 0.606. The SMILES string of the molecule is Cc1c(C)n(C2CCCC2)c(=S)n1CN1CCN(c2ncccn2)CC1. The van der Waals surface area contributed by atoms with Crippen molar-refractivity contribution in [2.45, 2.75) is 52.2 Å². The summed E-state index contributed by atoms with van der Waals surface area (Å²) < 4.78 is 5.75. The highest BCUT2D eigenvalue weighted by molar-refractivity contribution is 7.71. The third kappa shape index (κ3) is 3.30. The highest BCUT2D eigenvalue weighted by atomic mass is 32.1. The van der Waals surface area contributed by atoms with Gasteiger partial charge in [0.25, 0.3) is 0 Å². The standard InChI is InChI=1S/C19H28N6S/c1-15-16(2)25(17-6-3-4-7-17)19(26)24(15)14-22-10-12-23(13-11-22)18-20-8-5-9-21-18/h5,8-9,17H,3-4,6-7,10-14H2,1-2H3. The molecular weight excluding hydrogens is 344 g/mol. The first-order valence-corrected chi connectivity index (χ1v) is 10.1. The topological polar surface area (TPSA) is 42.1 Å². The fourth-order valence-electron chi connectivity index (χ4n) is 4.29. The molecular formula is C19H28N6S. The van der Waals surface area contributed by atoms with Crippen LogP contribution < -0.4 is 4.90 Å². The van der Waals surface area contributed by atoms with Gasteiger partial charge in [-0.15, -0.1) is 0 Å². The zero-order valence-corrected chi connectivity index (χ0v) is 16.6. The van der Waals surface area contributed by atoms with E-state index in [4.69, 9.17) is 12.2 Å². The largest absolute Gasteiger partial charge is 0.338 e. The van der Waals surface area contributed by atoms with Gasteiger partial charge >= 0.3 is 0 Å². The van der Waals surface area contributed by atoms with Crippen LogP contribution in [-0.2, 0) is 6.67 Å². The van der Waals surface area contributed by atoms with E-state index in [9.17, 15) is 0 Å². The van der Waals surface area contributed by atoms with E-state index in [0.717, 1.165) is 43.6 Å². The normalized spacial score (nSPS) is 19.4. The maximum Gasteiger partial charge on any atom is 0.225 e. The van der Waals surface area contributed by atoms with E-state index in [1.165, 1.54) is 37.1 Å². The number of aromatic nitrogens is 4. The molecule has 0 unspecified atom stereocenters. The smallest absolute Gasteiger partial charge is 0.225 e. The molecule has 26 heavy (non-hydrogen) atoms. The van der Waals surface area contributed by atoms with Crippen LogP contribution in [0, 0.1) is 18.6 Å². The molecule has 0 amide bonds. The highest BCUT2D eigenvalue weighted by Gasteiger charge is 2.24. The Kier molecular flexibility index (Phi) is 5.09. The predicted octanol–water partition coefficient (Wildman–Crippen LogP) is 3.32. The molecule has 1 saturated carbocycles. The average molecular weight is 373 g/mol. The van der Waals surface area contributed by atoms with Crippen molar-refractivity contribution < 1.29 is 0 Å². The molecule has 1 aliphatic carbocycles. The van der Waals surface area contributed by atoms with E-state index in [1.807, 2.05) is 18.5 Å². The van der Waals surface area contributed by atoms with Gasteiger partial charge in [-0.1, -0.05) is 12.8 Å². The van der Waals surface area contributed by atoms with Crippen LogP contribution in [0.5, 0.6) is 0 Å². The number of hydrogen-bond acceptors (Lipinski definition) is 5. The molecule has 0 atom stereocenters. The first-order chi connectivity index (χ1) is 12.6. The lowest BCUT2D eigenvalue weighted by atomic mass is 10.2. The van der Waals surface area contributed by atoms with Gasteiger partial charge in [-0.25, -0.2) is 9.97 Å². The van der Waals surface area contributed by atoms with Crippen molar-refractivity contribution in [2.24, 2.45) is 0 Å². The second-order valence-corrected chi connectivity index (χ2v) is 7.85. The Bertz CT molecular complexity index is 797. The van der Waals surface area contributed by atoms with Gasteiger partial charge in [-0.3, -0.25) is 4.90 Å². The third-order valence-electron chi connectivity index (χ3n) is 5.97. The number of anilines is 1. The van der Waals surface area contributed by atoms with E-state index in [-0.39, 0.29) is 0 Å². The van der Waals surface area contributed by atoms with Crippen molar-refractivity contribution in [3.8, 4) is 0 Å². The molecule has 0 N–H and O–H groups in total. The van der Waals surface area contributed by atoms with E-state index in [1.54, 1.807) is 0 Å². The summed E-state index contributed by atoms with van der Waals surface area (Å²) in [5, 5.41) is 0. The summed E-state index contributed by atoms with van der Waals surface area (Å²) in [4.78, 5) is 13.5. The highest BCUT2D eigenvalue weighted by Crippen LogP contribution is 2.32. The molecule has 2 aliphatic rings. The van der Waals surface area contributed by atoms with E-state index in [2.05, 4.69) is 42.7 Å². The molecule has 3 heterocycles. The van der Waals surface area contributed by atoms with Crippen molar-refractivity contribution in [1.82, 2.24) is 24.0 Å². The lowest BCUT2D eigenvalue weighted by Gasteiger charge is -2.34. The molecule has 1 saturated heterocycles. The lowest BCUT2D eigenvalue weighted by molar-refractivity contribution is 0.201. The van der Waals surface area contributed by atoms with Gasteiger partial charge in [0.15, 0.2) is 4.77 Å². The zero-order valence-electron chi connectivity index (χ0n) is 15.8. The second-order valence-electron chi connectivity index (χ2n) is 7.49. The summed E-state index contributed by atoms with van der Waals surface area (Å²) in [7, 11) is 0. The molecule has 0 spiro atoms. The Balaban J connectivity index is 1.45. The molecule has 0 aromatic carbocycles. The number of piperazine rings is 1. The van der Waals surface area contributed by atoms with Crippen LogP contribution in [-0.4, -0.2) is 50.2 Å². The Morgan fingerprint density at radius 3 is 2.31 bits per heavy atom. The van der Waals surface area contributed by atoms with E-state index < -0.39 is 0 Å². The predicted molar refractivity (Wildman–Crippen MR) is 106 cm³/mol. The van der Waals surface area contributed by atoms with Gasteiger partial charge in [-0.2, -0.15) is 0 Å². The van der Waals surface area contributed by atoms with Gasteiger partial charge in [0, 0.05) is 56.0 Å². The lowest BCUT2D eigenvalue weighted by Crippen LogP contribution is -2.47. The molecule has 2 fully saturated rings. The summed E-state index contributed by atoms with van der Waals surface area (Å²) in [5.41, 5.74) is 2.66. The quantitative estimate of drug-likeness (QED) is 0.770. The molecule has 7 heteroatoms. The van der Waals surface area contributed by atoms with Gasteiger partial charge in [0.2, 0.25) is 5.95 Å². The second kappa shape index (κ2) is 7.48. The Morgan fingerprint density at radius 1 is 1.00 bits per heavy atom. The number of imidazole rings is 1. The summed E-state index contributed by atoms with van der Waals surface area (Å²) in [6, 6.07) is 2.47. The minimum Gasteiger partial charge on any atom is -0.338 e. The van der Waals surface area contributed by atoms with Crippen LogP contribution in [0.25, 0.3) is 0 Å². The summed E-state index contributed by atoms with van der Waals surface area (Å²) in [5.74, 6) is 0.836. The number of rotatable bonds is 4. The maximum absolute atomic E-state index is 5.87.